The highest BCUT2D eigenvalue weighted by atomic mass is 19.1. The molecule has 2 aromatic rings. The van der Waals surface area contributed by atoms with Gasteiger partial charge >= 0.3 is 0 Å². The van der Waals surface area contributed by atoms with E-state index in [0.717, 1.165) is 11.3 Å². The molecule has 0 aliphatic rings. The maximum absolute atomic E-state index is 12.6. The second-order valence-electron chi connectivity index (χ2n) is 3.45. The van der Waals surface area contributed by atoms with Gasteiger partial charge in [0.05, 0.1) is 12.3 Å². The molecule has 0 aliphatic carbocycles. The molecule has 0 bridgehead atoms. The first kappa shape index (κ1) is 9.93. The van der Waals surface area contributed by atoms with E-state index in [2.05, 4.69) is 0 Å². The van der Waals surface area contributed by atoms with Crippen LogP contribution in [-0.4, -0.2) is 0 Å². The van der Waals surface area contributed by atoms with E-state index in [1.165, 1.54) is 12.1 Å². The number of nitrogens with two attached hydrogens (primary N) is 1. The standard InChI is InChI=1S/C12H12FNO/c13-10-5-3-9(4-6-10)8-11(14)12-2-1-7-15-12/h1-7,11H,8,14H2. The summed E-state index contributed by atoms with van der Waals surface area (Å²) in [6.07, 6.45) is 2.24. The van der Waals surface area contributed by atoms with Crippen LogP contribution in [0.5, 0.6) is 0 Å². The van der Waals surface area contributed by atoms with Gasteiger partial charge in [-0.05, 0) is 36.2 Å². The summed E-state index contributed by atoms with van der Waals surface area (Å²) in [6, 6.07) is 9.81. The van der Waals surface area contributed by atoms with Crippen molar-refractivity contribution in [1.82, 2.24) is 0 Å². The van der Waals surface area contributed by atoms with E-state index in [1.807, 2.05) is 6.07 Å². The number of hydrogen-bond acceptors (Lipinski definition) is 2. The Morgan fingerprint density at radius 1 is 1.20 bits per heavy atom. The molecule has 0 aliphatic heterocycles. The molecular formula is C12H12FNO. The summed E-state index contributed by atoms with van der Waals surface area (Å²) in [6.45, 7) is 0. The molecule has 1 aromatic heterocycles. The Morgan fingerprint density at radius 3 is 2.53 bits per heavy atom. The van der Waals surface area contributed by atoms with Gasteiger partial charge in [-0.15, -0.1) is 0 Å². The summed E-state index contributed by atoms with van der Waals surface area (Å²) >= 11 is 0. The van der Waals surface area contributed by atoms with Crippen LogP contribution in [0.15, 0.2) is 47.1 Å². The fourth-order valence-corrected chi connectivity index (χ4v) is 1.48. The zero-order valence-corrected chi connectivity index (χ0v) is 8.19. The average Bonchev–Trinajstić information content (AvgIpc) is 2.74. The van der Waals surface area contributed by atoms with Crippen molar-refractivity contribution in [2.24, 2.45) is 5.73 Å². The van der Waals surface area contributed by atoms with E-state index < -0.39 is 0 Å². The molecule has 1 atom stereocenters. The first-order chi connectivity index (χ1) is 7.25. The van der Waals surface area contributed by atoms with Crippen molar-refractivity contribution in [3.8, 4) is 0 Å². The molecule has 0 saturated carbocycles. The molecule has 0 amide bonds. The lowest BCUT2D eigenvalue weighted by atomic mass is 10.1. The van der Waals surface area contributed by atoms with E-state index in [-0.39, 0.29) is 11.9 Å². The van der Waals surface area contributed by atoms with Gasteiger partial charge < -0.3 is 10.2 Å². The maximum atomic E-state index is 12.6. The van der Waals surface area contributed by atoms with Crippen LogP contribution in [-0.2, 0) is 6.42 Å². The highest BCUT2D eigenvalue weighted by Crippen LogP contribution is 2.16. The second-order valence-corrected chi connectivity index (χ2v) is 3.45. The molecule has 2 nitrogen and oxygen atoms in total. The number of halogens is 1. The highest BCUT2D eigenvalue weighted by Gasteiger charge is 2.09. The summed E-state index contributed by atoms with van der Waals surface area (Å²) in [5.74, 6) is 0.518. The largest absolute Gasteiger partial charge is 0.468 e. The topological polar surface area (TPSA) is 39.2 Å². The lowest BCUT2D eigenvalue weighted by Gasteiger charge is -2.08. The quantitative estimate of drug-likeness (QED) is 0.836. The van der Waals surface area contributed by atoms with Gasteiger partial charge in [-0.3, -0.25) is 0 Å². The number of furan rings is 1. The third-order valence-electron chi connectivity index (χ3n) is 2.28. The molecule has 3 heteroatoms. The Hall–Kier alpha value is -1.61. The average molecular weight is 205 g/mol. The SMILES string of the molecule is NC(Cc1ccc(F)cc1)c1ccco1. The Bertz CT molecular complexity index is 408. The normalized spacial score (nSPS) is 12.7. The Labute approximate surface area is 87.5 Å². The van der Waals surface area contributed by atoms with Crippen LogP contribution in [0.2, 0.25) is 0 Å². The van der Waals surface area contributed by atoms with Crippen molar-refractivity contribution < 1.29 is 8.81 Å². The summed E-state index contributed by atoms with van der Waals surface area (Å²) < 4.78 is 17.8. The molecule has 1 aromatic carbocycles. The zero-order valence-electron chi connectivity index (χ0n) is 8.19. The molecule has 2 N–H and O–H groups in total. The van der Waals surface area contributed by atoms with Crippen LogP contribution in [0.1, 0.15) is 17.4 Å². The van der Waals surface area contributed by atoms with Crippen molar-refractivity contribution >= 4 is 0 Å². The van der Waals surface area contributed by atoms with Crippen LogP contribution in [0, 0.1) is 5.82 Å². The van der Waals surface area contributed by atoms with Crippen LogP contribution in [0.3, 0.4) is 0 Å². The predicted molar refractivity (Wildman–Crippen MR) is 55.7 cm³/mol. The van der Waals surface area contributed by atoms with E-state index in [1.54, 1.807) is 24.5 Å². The summed E-state index contributed by atoms with van der Waals surface area (Å²) in [7, 11) is 0. The Balaban J connectivity index is 2.06. The van der Waals surface area contributed by atoms with E-state index in [9.17, 15) is 4.39 Å². The molecule has 0 spiro atoms. The maximum Gasteiger partial charge on any atom is 0.123 e. The summed E-state index contributed by atoms with van der Waals surface area (Å²) in [5, 5.41) is 0. The fourth-order valence-electron chi connectivity index (χ4n) is 1.48. The summed E-state index contributed by atoms with van der Waals surface area (Å²) in [4.78, 5) is 0. The Morgan fingerprint density at radius 2 is 1.93 bits per heavy atom. The lowest BCUT2D eigenvalue weighted by molar-refractivity contribution is 0.464. The van der Waals surface area contributed by atoms with E-state index >= 15 is 0 Å². The molecular weight excluding hydrogens is 193 g/mol. The first-order valence-electron chi connectivity index (χ1n) is 4.79. The van der Waals surface area contributed by atoms with Crippen molar-refractivity contribution in [2.75, 3.05) is 0 Å². The summed E-state index contributed by atoms with van der Waals surface area (Å²) in [5.41, 5.74) is 6.92. The van der Waals surface area contributed by atoms with Gasteiger partial charge in [-0.25, -0.2) is 4.39 Å². The van der Waals surface area contributed by atoms with Crippen LogP contribution in [0.25, 0.3) is 0 Å². The van der Waals surface area contributed by atoms with Crippen molar-refractivity contribution in [1.29, 1.82) is 0 Å². The monoisotopic (exact) mass is 205 g/mol. The number of benzene rings is 1. The molecule has 0 radical (unpaired) electrons. The molecule has 0 fully saturated rings. The van der Waals surface area contributed by atoms with Crippen LogP contribution < -0.4 is 5.73 Å². The highest BCUT2D eigenvalue weighted by molar-refractivity contribution is 5.19. The lowest BCUT2D eigenvalue weighted by Crippen LogP contribution is -2.12. The fraction of sp³-hybridized carbons (Fsp3) is 0.167. The van der Waals surface area contributed by atoms with Gasteiger partial charge in [0, 0.05) is 0 Å². The van der Waals surface area contributed by atoms with Gasteiger partial charge in [0.25, 0.3) is 0 Å². The number of hydrogen-bond donors (Lipinski definition) is 1. The van der Waals surface area contributed by atoms with E-state index in [0.29, 0.717) is 6.42 Å². The Kier molecular flexibility index (Phi) is 2.83. The number of rotatable bonds is 3. The third-order valence-corrected chi connectivity index (χ3v) is 2.28. The van der Waals surface area contributed by atoms with Gasteiger partial charge in [0.1, 0.15) is 11.6 Å². The predicted octanol–water partition coefficient (Wildman–Crippen LogP) is 2.66. The van der Waals surface area contributed by atoms with Crippen molar-refractivity contribution in [3.05, 3.63) is 59.8 Å². The molecule has 0 saturated heterocycles. The van der Waals surface area contributed by atoms with Crippen LogP contribution >= 0.6 is 0 Å². The van der Waals surface area contributed by atoms with Gasteiger partial charge in [-0.1, -0.05) is 12.1 Å². The molecule has 2 rings (SSSR count). The molecule has 1 heterocycles. The minimum Gasteiger partial charge on any atom is -0.468 e. The first-order valence-corrected chi connectivity index (χ1v) is 4.79. The van der Waals surface area contributed by atoms with Gasteiger partial charge in [0.15, 0.2) is 0 Å². The zero-order chi connectivity index (χ0) is 10.7. The van der Waals surface area contributed by atoms with Crippen LogP contribution in [0.4, 0.5) is 4.39 Å². The molecule has 15 heavy (non-hydrogen) atoms. The molecule has 1 unspecified atom stereocenters. The van der Waals surface area contributed by atoms with Gasteiger partial charge in [0.2, 0.25) is 0 Å². The third kappa shape index (κ3) is 2.44. The minimum absolute atomic E-state index is 0.175. The smallest absolute Gasteiger partial charge is 0.123 e. The second kappa shape index (κ2) is 4.28. The molecule has 78 valence electrons. The van der Waals surface area contributed by atoms with Gasteiger partial charge in [-0.2, -0.15) is 0 Å². The van der Waals surface area contributed by atoms with Crippen molar-refractivity contribution in [2.45, 2.75) is 12.5 Å². The van der Waals surface area contributed by atoms with Crippen molar-refractivity contribution in [3.63, 3.8) is 0 Å². The van der Waals surface area contributed by atoms with E-state index in [4.69, 9.17) is 10.2 Å². The minimum atomic E-state index is -0.231.